The quantitative estimate of drug-likeness (QED) is 0.823. The van der Waals surface area contributed by atoms with Gasteiger partial charge in [-0.15, -0.1) is 15.1 Å². The van der Waals surface area contributed by atoms with Crippen LogP contribution in [-0.2, 0) is 19.8 Å². The fourth-order valence-corrected chi connectivity index (χ4v) is 6.41. The predicted molar refractivity (Wildman–Crippen MR) is 82.7 cm³/mol. The van der Waals surface area contributed by atoms with Gasteiger partial charge in [0.2, 0.25) is 0 Å². The van der Waals surface area contributed by atoms with E-state index < -0.39 is 19.8 Å². The number of hydrogen-bond donors (Lipinski definition) is 0. The van der Waals surface area contributed by atoms with Gasteiger partial charge >= 0.3 is 0 Å². The van der Waals surface area contributed by atoms with Gasteiger partial charge in [-0.2, -0.15) is 8.42 Å². The molecule has 0 N–H and O–H groups in total. The SMILES string of the molecule is C[S@@](=O)(=NS(=O)(=O)c1ccc(Cl)s1)c1ccc(Cl)cc1. The van der Waals surface area contributed by atoms with E-state index >= 15 is 0 Å². The van der Waals surface area contributed by atoms with E-state index in [0.29, 0.717) is 14.3 Å². The summed E-state index contributed by atoms with van der Waals surface area (Å²) in [5.74, 6) is 0. The number of benzene rings is 1. The molecule has 0 aliphatic carbocycles. The third kappa shape index (κ3) is 3.53. The fourth-order valence-electron chi connectivity index (χ4n) is 1.39. The highest BCUT2D eigenvalue weighted by molar-refractivity contribution is 8.03. The average Bonchev–Trinajstić information content (AvgIpc) is 2.76. The summed E-state index contributed by atoms with van der Waals surface area (Å²) in [5, 5.41) is 0.469. The molecular formula is C11H9Cl2NO3S3. The van der Waals surface area contributed by atoms with Crippen molar-refractivity contribution in [1.82, 2.24) is 0 Å². The van der Waals surface area contributed by atoms with Gasteiger partial charge in [0.25, 0.3) is 10.0 Å². The molecule has 1 aromatic heterocycles. The van der Waals surface area contributed by atoms with Crippen molar-refractivity contribution in [1.29, 1.82) is 0 Å². The second-order valence-corrected chi connectivity index (χ2v) is 10.3. The monoisotopic (exact) mass is 369 g/mol. The van der Waals surface area contributed by atoms with Crippen LogP contribution < -0.4 is 0 Å². The third-order valence-electron chi connectivity index (χ3n) is 2.29. The van der Waals surface area contributed by atoms with Gasteiger partial charge in [0.05, 0.1) is 14.1 Å². The molecule has 0 bridgehead atoms. The second-order valence-electron chi connectivity index (χ2n) is 3.86. The van der Waals surface area contributed by atoms with E-state index in [-0.39, 0.29) is 4.21 Å². The minimum Gasteiger partial charge on any atom is -0.244 e. The smallest absolute Gasteiger partial charge is 0.244 e. The summed E-state index contributed by atoms with van der Waals surface area (Å²) in [6, 6.07) is 8.84. The van der Waals surface area contributed by atoms with Crippen LogP contribution in [0.5, 0.6) is 0 Å². The normalized spacial score (nSPS) is 14.8. The maximum atomic E-state index is 12.5. The molecule has 1 heterocycles. The molecule has 0 spiro atoms. The van der Waals surface area contributed by atoms with E-state index in [0.717, 1.165) is 11.3 Å². The lowest BCUT2D eigenvalue weighted by Gasteiger charge is -2.04. The van der Waals surface area contributed by atoms with Gasteiger partial charge in [0.1, 0.15) is 4.21 Å². The van der Waals surface area contributed by atoms with Gasteiger partial charge in [-0.25, -0.2) is 4.21 Å². The van der Waals surface area contributed by atoms with Crippen LogP contribution in [0.25, 0.3) is 0 Å². The molecule has 108 valence electrons. The molecule has 0 aliphatic heterocycles. The van der Waals surface area contributed by atoms with Crippen molar-refractivity contribution < 1.29 is 12.6 Å². The summed E-state index contributed by atoms with van der Waals surface area (Å²) < 4.78 is 40.5. The highest BCUT2D eigenvalue weighted by Crippen LogP contribution is 2.28. The van der Waals surface area contributed by atoms with Crippen LogP contribution in [0.2, 0.25) is 9.36 Å². The Hall–Kier alpha value is -0.600. The van der Waals surface area contributed by atoms with Crippen molar-refractivity contribution in [2.45, 2.75) is 9.10 Å². The van der Waals surface area contributed by atoms with Gasteiger partial charge in [-0.1, -0.05) is 23.2 Å². The van der Waals surface area contributed by atoms with Crippen LogP contribution in [-0.4, -0.2) is 18.9 Å². The Kier molecular flexibility index (Phi) is 4.46. The van der Waals surface area contributed by atoms with Crippen molar-refractivity contribution in [3.05, 3.63) is 45.8 Å². The Morgan fingerprint density at radius 2 is 1.60 bits per heavy atom. The zero-order valence-electron chi connectivity index (χ0n) is 10.1. The van der Waals surface area contributed by atoms with Crippen LogP contribution in [0, 0.1) is 0 Å². The van der Waals surface area contributed by atoms with E-state index in [1.54, 1.807) is 0 Å². The lowest BCUT2D eigenvalue weighted by molar-refractivity contribution is 0.600. The zero-order chi connectivity index (χ0) is 15.0. The predicted octanol–water partition coefficient (Wildman–Crippen LogP) is 3.90. The second kappa shape index (κ2) is 5.65. The van der Waals surface area contributed by atoms with E-state index in [2.05, 4.69) is 3.77 Å². The minimum atomic E-state index is -4.00. The summed E-state index contributed by atoms with van der Waals surface area (Å²) in [6.45, 7) is 0. The number of rotatable bonds is 3. The largest absolute Gasteiger partial charge is 0.299 e. The number of sulfonamides is 1. The maximum absolute atomic E-state index is 12.5. The molecule has 0 saturated heterocycles. The molecule has 2 aromatic rings. The highest BCUT2D eigenvalue weighted by atomic mass is 35.5. The first-order valence-electron chi connectivity index (χ1n) is 5.20. The van der Waals surface area contributed by atoms with E-state index in [1.807, 2.05) is 0 Å². The van der Waals surface area contributed by atoms with Gasteiger partial charge in [-0.3, -0.25) is 0 Å². The molecular weight excluding hydrogens is 361 g/mol. The molecule has 0 unspecified atom stereocenters. The Morgan fingerprint density at radius 3 is 2.10 bits per heavy atom. The maximum Gasteiger partial charge on any atom is 0.299 e. The molecule has 0 fully saturated rings. The lowest BCUT2D eigenvalue weighted by atomic mass is 10.4. The molecule has 1 aromatic carbocycles. The van der Waals surface area contributed by atoms with Crippen molar-refractivity contribution in [2.24, 2.45) is 3.77 Å². The Labute approximate surface area is 131 Å². The molecule has 4 nitrogen and oxygen atoms in total. The Bertz CT molecular complexity index is 847. The van der Waals surface area contributed by atoms with Crippen LogP contribution in [0.15, 0.2) is 49.3 Å². The first-order valence-corrected chi connectivity index (χ1v) is 10.1. The van der Waals surface area contributed by atoms with Crippen LogP contribution in [0.4, 0.5) is 0 Å². The molecule has 0 saturated carbocycles. The molecule has 2 rings (SSSR count). The van der Waals surface area contributed by atoms with Gasteiger partial charge < -0.3 is 0 Å². The third-order valence-corrected chi connectivity index (χ3v) is 8.17. The zero-order valence-corrected chi connectivity index (χ0v) is 14.1. The summed E-state index contributed by atoms with van der Waals surface area (Å²) in [7, 11) is -7.09. The summed E-state index contributed by atoms with van der Waals surface area (Å²) in [5.41, 5.74) is 0. The van der Waals surface area contributed by atoms with Crippen molar-refractivity contribution in [3.8, 4) is 0 Å². The Morgan fingerprint density at radius 1 is 1.00 bits per heavy atom. The van der Waals surface area contributed by atoms with Gasteiger partial charge in [-0.05, 0) is 36.4 Å². The molecule has 1 atom stereocenters. The van der Waals surface area contributed by atoms with E-state index in [9.17, 15) is 12.6 Å². The molecule has 20 heavy (non-hydrogen) atoms. The topological polar surface area (TPSA) is 63.6 Å². The number of hydrogen-bond acceptors (Lipinski definition) is 4. The highest BCUT2D eigenvalue weighted by Gasteiger charge is 2.19. The lowest BCUT2D eigenvalue weighted by Crippen LogP contribution is -2.03. The van der Waals surface area contributed by atoms with E-state index in [1.165, 1.54) is 42.7 Å². The van der Waals surface area contributed by atoms with E-state index in [4.69, 9.17) is 23.2 Å². The van der Waals surface area contributed by atoms with Gasteiger partial charge in [0, 0.05) is 16.2 Å². The van der Waals surface area contributed by atoms with Crippen LogP contribution >= 0.6 is 34.5 Å². The van der Waals surface area contributed by atoms with Gasteiger partial charge in [0.15, 0.2) is 0 Å². The molecule has 9 heteroatoms. The number of halogens is 2. The summed E-state index contributed by atoms with van der Waals surface area (Å²) in [4.78, 5) is 0.299. The van der Waals surface area contributed by atoms with Crippen molar-refractivity contribution in [3.63, 3.8) is 0 Å². The average molecular weight is 370 g/mol. The fraction of sp³-hybridized carbons (Fsp3) is 0.0909. The summed E-state index contributed by atoms with van der Waals surface area (Å²) >= 11 is 12.3. The molecule has 0 radical (unpaired) electrons. The first-order chi connectivity index (χ1) is 9.21. The number of nitrogens with zero attached hydrogens (tertiary/aromatic N) is 1. The Balaban J connectivity index is 2.53. The van der Waals surface area contributed by atoms with Crippen LogP contribution in [0.1, 0.15) is 0 Å². The van der Waals surface area contributed by atoms with Crippen molar-refractivity contribution >= 4 is 54.3 Å². The van der Waals surface area contributed by atoms with Crippen molar-refractivity contribution in [2.75, 3.05) is 6.26 Å². The standard InChI is InChI=1S/C11H9Cl2NO3S3/c1-19(15,9-4-2-8(12)3-5-9)14-20(16,17)11-7-6-10(13)18-11/h2-7H,1H3/t19-/m0/s1. The minimum absolute atomic E-state index is 0.0361. The molecule has 0 amide bonds. The molecule has 0 aliphatic rings. The summed E-state index contributed by atoms with van der Waals surface area (Å²) in [6.07, 6.45) is 1.27. The number of thiophene rings is 1. The van der Waals surface area contributed by atoms with Crippen LogP contribution in [0.3, 0.4) is 0 Å². The first kappa shape index (κ1) is 15.8.